The van der Waals surface area contributed by atoms with Crippen LogP contribution in [0.15, 0.2) is 60.9 Å². The molecule has 0 amide bonds. The minimum absolute atomic E-state index is 0.634. The third kappa shape index (κ3) is 3.30. The highest BCUT2D eigenvalue weighted by Gasteiger charge is 2.23. The van der Waals surface area contributed by atoms with E-state index in [0.717, 1.165) is 39.6 Å². The number of nitrogens with zero attached hydrogens (tertiary/aromatic N) is 6. The van der Waals surface area contributed by atoms with E-state index >= 15 is 0 Å². The number of hydrogen-bond acceptors (Lipinski definition) is 8. The van der Waals surface area contributed by atoms with Crippen LogP contribution in [0.5, 0.6) is 0 Å². The molecule has 0 radical (unpaired) electrons. The Morgan fingerprint density at radius 2 is 1.93 bits per heavy atom. The second-order valence-electron chi connectivity index (χ2n) is 6.95. The molecule has 0 unspecified atom stereocenters. The molecule has 29 heavy (non-hydrogen) atoms. The largest absolute Gasteiger partial charge is 0.313 e. The van der Waals surface area contributed by atoms with Crippen LogP contribution in [0, 0.1) is 6.92 Å². The summed E-state index contributed by atoms with van der Waals surface area (Å²) in [7, 11) is 1.94. The van der Waals surface area contributed by atoms with Gasteiger partial charge in [0, 0.05) is 24.3 Å². The summed E-state index contributed by atoms with van der Waals surface area (Å²) in [5.74, 6) is 2.99. The van der Waals surface area contributed by atoms with Crippen molar-refractivity contribution in [1.29, 1.82) is 0 Å². The van der Waals surface area contributed by atoms with E-state index in [1.165, 1.54) is 0 Å². The molecule has 1 aliphatic heterocycles. The van der Waals surface area contributed by atoms with Gasteiger partial charge in [-0.2, -0.15) is 0 Å². The standard InChI is InChI=1S/C21H20N8/c1-14-5-3-7-18(24-14)28(2)19-12-23-20-21(25-19)29(27-26-20)13-15-8-9-17-16(11-15)6-4-10-22-17/h3-12,27H,13H2,1-2H3,(H,23,26). The van der Waals surface area contributed by atoms with Crippen LogP contribution in [0.1, 0.15) is 11.3 Å². The molecule has 4 heterocycles. The van der Waals surface area contributed by atoms with E-state index in [1.807, 2.05) is 54.2 Å². The van der Waals surface area contributed by atoms with E-state index in [0.29, 0.717) is 12.4 Å². The molecule has 144 valence electrons. The van der Waals surface area contributed by atoms with E-state index in [1.54, 1.807) is 12.4 Å². The predicted molar refractivity (Wildman–Crippen MR) is 114 cm³/mol. The molecule has 5 rings (SSSR count). The zero-order valence-corrected chi connectivity index (χ0v) is 16.2. The first-order valence-corrected chi connectivity index (χ1v) is 9.35. The summed E-state index contributed by atoms with van der Waals surface area (Å²) in [6.45, 7) is 2.61. The normalized spacial score (nSPS) is 12.7. The average Bonchev–Trinajstić information content (AvgIpc) is 3.15. The van der Waals surface area contributed by atoms with Crippen LogP contribution in [0.3, 0.4) is 0 Å². The predicted octanol–water partition coefficient (Wildman–Crippen LogP) is 3.35. The zero-order valence-electron chi connectivity index (χ0n) is 16.2. The molecule has 2 N–H and O–H groups in total. The molecule has 1 aliphatic rings. The Morgan fingerprint density at radius 1 is 1.00 bits per heavy atom. The first kappa shape index (κ1) is 17.3. The molecule has 8 nitrogen and oxygen atoms in total. The minimum Gasteiger partial charge on any atom is -0.313 e. The van der Waals surface area contributed by atoms with Gasteiger partial charge in [-0.25, -0.2) is 15.0 Å². The van der Waals surface area contributed by atoms with Gasteiger partial charge in [-0.1, -0.05) is 18.2 Å². The molecule has 8 heteroatoms. The van der Waals surface area contributed by atoms with Crippen molar-refractivity contribution in [2.24, 2.45) is 0 Å². The van der Waals surface area contributed by atoms with Crippen LogP contribution in [-0.4, -0.2) is 27.0 Å². The third-order valence-electron chi connectivity index (χ3n) is 4.88. The number of aryl methyl sites for hydroxylation is 1. The lowest BCUT2D eigenvalue weighted by atomic mass is 10.1. The molecular formula is C21H20N8. The second-order valence-corrected chi connectivity index (χ2v) is 6.95. The molecule has 4 aromatic rings. The number of hydrazine groups is 2. The van der Waals surface area contributed by atoms with Crippen molar-refractivity contribution in [2.75, 3.05) is 22.4 Å². The highest BCUT2D eigenvalue weighted by atomic mass is 15.7. The molecule has 0 saturated carbocycles. The van der Waals surface area contributed by atoms with Gasteiger partial charge in [0.05, 0.1) is 18.3 Å². The van der Waals surface area contributed by atoms with Crippen LogP contribution in [0.4, 0.5) is 23.3 Å². The average molecular weight is 384 g/mol. The van der Waals surface area contributed by atoms with E-state index < -0.39 is 0 Å². The Bertz CT molecular complexity index is 1190. The number of hydrogen-bond donors (Lipinski definition) is 2. The quantitative estimate of drug-likeness (QED) is 0.554. The molecule has 0 fully saturated rings. The van der Waals surface area contributed by atoms with Crippen molar-refractivity contribution in [2.45, 2.75) is 13.5 Å². The monoisotopic (exact) mass is 384 g/mol. The highest BCUT2D eigenvalue weighted by molar-refractivity contribution is 5.79. The topological polar surface area (TPSA) is 82.1 Å². The summed E-state index contributed by atoms with van der Waals surface area (Å²) in [4.78, 5) is 20.2. The van der Waals surface area contributed by atoms with Crippen LogP contribution < -0.4 is 20.9 Å². The minimum atomic E-state index is 0.634. The van der Waals surface area contributed by atoms with Crippen molar-refractivity contribution in [1.82, 2.24) is 25.5 Å². The van der Waals surface area contributed by atoms with Crippen molar-refractivity contribution in [3.05, 3.63) is 72.2 Å². The number of pyridine rings is 2. The van der Waals surface area contributed by atoms with E-state index in [4.69, 9.17) is 4.98 Å². The Hall–Kier alpha value is -3.78. The SMILES string of the molecule is Cc1cccc(N(C)c2cnc3c(n2)N(Cc2ccc4ncccc4c2)NN3)n1. The zero-order chi connectivity index (χ0) is 19.8. The number of nitrogens with one attached hydrogen (secondary N) is 2. The van der Waals surface area contributed by atoms with Gasteiger partial charge in [-0.3, -0.25) is 15.4 Å². The number of rotatable bonds is 4. The van der Waals surface area contributed by atoms with Gasteiger partial charge in [0.25, 0.3) is 0 Å². The summed E-state index contributed by atoms with van der Waals surface area (Å²) in [6, 6.07) is 16.2. The Labute approximate surface area is 168 Å². The Morgan fingerprint density at radius 3 is 2.83 bits per heavy atom. The molecule has 0 atom stereocenters. The fraction of sp³-hybridized carbons (Fsp3) is 0.143. The summed E-state index contributed by atoms with van der Waals surface area (Å²) < 4.78 is 0. The maximum Gasteiger partial charge on any atom is 0.191 e. The summed E-state index contributed by atoms with van der Waals surface area (Å²) in [6.07, 6.45) is 3.55. The molecule has 3 aromatic heterocycles. The van der Waals surface area contributed by atoms with E-state index in [9.17, 15) is 0 Å². The number of fused-ring (bicyclic) bond motifs is 2. The lowest BCUT2D eigenvalue weighted by Crippen LogP contribution is -2.35. The van der Waals surface area contributed by atoms with Crippen LogP contribution in [0.25, 0.3) is 10.9 Å². The number of anilines is 4. The van der Waals surface area contributed by atoms with Crippen LogP contribution >= 0.6 is 0 Å². The Kier molecular flexibility index (Phi) is 4.18. The van der Waals surface area contributed by atoms with Crippen LogP contribution in [-0.2, 0) is 6.54 Å². The molecule has 0 saturated heterocycles. The van der Waals surface area contributed by atoms with E-state index in [2.05, 4.69) is 44.1 Å². The van der Waals surface area contributed by atoms with Crippen molar-refractivity contribution < 1.29 is 0 Å². The summed E-state index contributed by atoms with van der Waals surface area (Å²) in [5.41, 5.74) is 9.31. The van der Waals surface area contributed by atoms with Gasteiger partial charge >= 0.3 is 0 Å². The Balaban J connectivity index is 1.43. The van der Waals surface area contributed by atoms with Gasteiger partial charge < -0.3 is 4.90 Å². The number of benzene rings is 1. The van der Waals surface area contributed by atoms with Gasteiger partial charge in [-0.05, 0) is 42.8 Å². The molecule has 0 aliphatic carbocycles. The summed E-state index contributed by atoms with van der Waals surface area (Å²) >= 11 is 0. The van der Waals surface area contributed by atoms with Crippen molar-refractivity contribution in [3.8, 4) is 0 Å². The molecule has 0 spiro atoms. The van der Waals surface area contributed by atoms with Gasteiger partial charge in [0.15, 0.2) is 17.5 Å². The van der Waals surface area contributed by atoms with Gasteiger partial charge in [0.1, 0.15) is 5.82 Å². The smallest absolute Gasteiger partial charge is 0.191 e. The fourth-order valence-corrected chi connectivity index (χ4v) is 3.33. The van der Waals surface area contributed by atoms with Crippen molar-refractivity contribution >= 4 is 34.2 Å². The third-order valence-corrected chi connectivity index (χ3v) is 4.88. The molecule has 0 bridgehead atoms. The number of aromatic nitrogens is 4. The van der Waals surface area contributed by atoms with E-state index in [-0.39, 0.29) is 0 Å². The lowest BCUT2D eigenvalue weighted by Gasteiger charge is -2.20. The molecular weight excluding hydrogens is 364 g/mol. The van der Waals surface area contributed by atoms with Gasteiger partial charge in [0.2, 0.25) is 0 Å². The second kappa shape index (κ2) is 6.99. The lowest BCUT2D eigenvalue weighted by molar-refractivity contribution is 0.717. The maximum absolute atomic E-state index is 4.81. The molecule has 1 aromatic carbocycles. The van der Waals surface area contributed by atoms with Gasteiger partial charge in [-0.15, -0.1) is 5.53 Å². The fourth-order valence-electron chi connectivity index (χ4n) is 3.33. The summed E-state index contributed by atoms with van der Waals surface area (Å²) in [5, 5.41) is 3.06. The highest BCUT2D eigenvalue weighted by Crippen LogP contribution is 2.30. The van der Waals surface area contributed by atoms with Crippen LogP contribution in [0.2, 0.25) is 0 Å². The first-order chi connectivity index (χ1) is 14.2. The van der Waals surface area contributed by atoms with Crippen molar-refractivity contribution in [3.63, 3.8) is 0 Å². The first-order valence-electron chi connectivity index (χ1n) is 9.35. The maximum atomic E-state index is 4.81.